The number of carbonyl (C=O) groups excluding carboxylic acids is 1. The van der Waals surface area contributed by atoms with Gasteiger partial charge in [-0.2, -0.15) is 0 Å². The third kappa shape index (κ3) is 4.71. The van der Waals surface area contributed by atoms with Gasteiger partial charge < -0.3 is 15.0 Å². The van der Waals surface area contributed by atoms with Crippen molar-refractivity contribution in [3.8, 4) is 5.75 Å². The molecule has 0 spiro atoms. The van der Waals surface area contributed by atoms with Crippen molar-refractivity contribution < 1.29 is 13.9 Å². The number of fused-ring (bicyclic) bond motifs is 2. The number of ether oxygens (including phenoxy) is 1. The molecule has 6 heteroatoms. The molecule has 2 bridgehead atoms. The standard InChI is InChI=1S/C28H36FN3O2/c1-34-26-10-9-22(29)20-25(26)32-18-16-31(17-19-32)15-12-24(21-6-3-2-4-7-21)27(33)28-13-5-8-23(30-28)11-14-28/h2-4,6-7,9-10,20,23-24,30H,5,8,11-19H2,1H3. The van der Waals surface area contributed by atoms with Crippen molar-refractivity contribution in [3.63, 3.8) is 0 Å². The predicted octanol–water partition coefficient (Wildman–Crippen LogP) is 4.37. The molecule has 3 atom stereocenters. The third-order valence-electron chi connectivity index (χ3n) is 8.13. The van der Waals surface area contributed by atoms with E-state index in [0.29, 0.717) is 17.6 Å². The van der Waals surface area contributed by atoms with Crippen LogP contribution in [0, 0.1) is 5.82 Å². The Balaban J connectivity index is 1.24. The lowest BCUT2D eigenvalue weighted by atomic mass is 9.76. The summed E-state index contributed by atoms with van der Waals surface area (Å²) in [5.74, 6) is 0.780. The highest BCUT2D eigenvalue weighted by molar-refractivity contribution is 5.94. The molecule has 0 radical (unpaired) electrons. The van der Waals surface area contributed by atoms with E-state index < -0.39 is 0 Å². The molecule has 3 aliphatic heterocycles. The van der Waals surface area contributed by atoms with Crippen LogP contribution in [0.5, 0.6) is 5.75 Å². The van der Waals surface area contributed by atoms with Gasteiger partial charge in [0.15, 0.2) is 5.78 Å². The van der Waals surface area contributed by atoms with Gasteiger partial charge >= 0.3 is 0 Å². The van der Waals surface area contributed by atoms with Gasteiger partial charge in [0.05, 0.1) is 18.3 Å². The summed E-state index contributed by atoms with van der Waals surface area (Å²) in [6, 6.07) is 15.5. The lowest BCUT2D eigenvalue weighted by molar-refractivity contribution is -0.127. The van der Waals surface area contributed by atoms with Gasteiger partial charge in [0.25, 0.3) is 0 Å². The van der Waals surface area contributed by atoms with Gasteiger partial charge in [-0.3, -0.25) is 9.69 Å². The van der Waals surface area contributed by atoms with E-state index in [1.807, 2.05) is 18.2 Å². The Morgan fingerprint density at radius 3 is 2.68 bits per heavy atom. The molecule has 182 valence electrons. The molecule has 1 N–H and O–H groups in total. The number of carbonyl (C=O) groups is 1. The second kappa shape index (κ2) is 10.0. The number of hydrogen-bond acceptors (Lipinski definition) is 5. The first-order chi connectivity index (χ1) is 16.6. The molecule has 5 rings (SSSR count). The summed E-state index contributed by atoms with van der Waals surface area (Å²) < 4.78 is 19.3. The van der Waals surface area contributed by atoms with Crippen LogP contribution < -0.4 is 15.0 Å². The molecule has 0 amide bonds. The van der Waals surface area contributed by atoms with Crippen molar-refractivity contribution in [1.29, 1.82) is 0 Å². The number of hydrogen-bond donors (Lipinski definition) is 1. The molecule has 2 aromatic carbocycles. The molecule has 3 fully saturated rings. The first-order valence-corrected chi connectivity index (χ1v) is 12.8. The maximum atomic E-state index is 14.0. The Morgan fingerprint density at radius 2 is 1.91 bits per heavy atom. The fourth-order valence-corrected chi connectivity index (χ4v) is 6.24. The maximum absolute atomic E-state index is 14.0. The summed E-state index contributed by atoms with van der Waals surface area (Å²) in [5, 5.41) is 3.72. The van der Waals surface area contributed by atoms with E-state index in [-0.39, 0.29) is 17.3 Å². The smallest absolute Gasteiger partial charge is 0.160 e. The number of benzene rings is 2. The van der Waals surface area contributed by atoms with E-state index >= 15 is 0 Å². The number of piperazine rings is 1. The molecular weight excluding hydrogens is 429 g/mol. The fraction of sp³-hybridized carbons (Fsp3) is 0.536. The number of methoxy groups -OCH3 is 1. The molecule has 3 saturated heterocycles. The summed E-state index contributed by atoms with van der Waals surface area (Å²) in [4.78, 5) is 18.6. The van der Waals surface area contributed by atoms with Crippen LogP contribution in [-0.4, -0.2) is 62.1 Å². The number of nitrogens with zero attached hydrogens (tertiary/aromatic N) is 2. The van der Waals surface area contributed by atoms with Crippen LogP contribution >= 0.6 is 0 Å². The van der Waals surface area contributed by atoms with E-state index in [1.54, 1.807) is 19.2 Å². The molecule has 34 heavy (non-hydrogen) atoms. The predicted molar refractivity (Wildman–Crippen MR) is 133 cm³/mol. The molecule has 0 saturated carbocycles. The molecule has 0 aromatic heterocycles. The maximum Gasteiger partial charge on any atom is 0.160 e. The van der Waals surface area contributed by atoms with Crippen LogP contribution in [0.3, 0.4) is 0 Å². The second-order valence-electron chi connectivity index (χ2n) is 10.1. The lowest BCUT2D eigenvalue weighted by Crippen LogP contribution is -2.54. The van der Waals surface area contributed by atoms with Gasteiger partial charge in [-0.1, -0.05) is 30.3 Å². The highest BCUT2D eigenvalue weighted by atomic mass is 19.1. The quantitative estimate of drug-likeness (QED) is 0.627. The number of nitrogens with one attached hydrogen (secondary N) is 1. The zero-order valence-corrected chi connectivity index (χ0v) is 20.1. The second-order valence-corrected chi connectivity index (χ2v) is 10.1. The molecule has 3 heterocycles. The van der Waals surface area contributed by atoms with Crippen LogP contribution in [0.2, 0.25) is 0 Å². The zero-order chi connectivity index (χ0) is 23.5. The van der Waals surface area contributed by atoms with E-state index in [0.717, 1.165) is 76.1 Å². The Kier molecular flexibility index (Phi) is 6.89. The summed E-state index contributed by atoms with van der Waals surface area (Å²) in [5.41, 5.74) is 1.63. The van der Waals surface area contributed by atoms with Crippen LogP contribution in [0.25, 0.3) is 0 Å². The third-order valence-corrected chi connectivity index (χ3v) is 8.13. The average molecular weight is 466 g/mol. The fourth-order valence-electron chi connectivity index (χ4n) is 6.24. The van der Waals surface area contributed by atoms with Crippen LogP contribution in [-0.2, 0) is 4.79 Å². The van der Waals surface area contributed by atoms with E-state index in [2.05, 4.69) is 27.2 Å². The number of piperidine rings is 1. The molecule has 3 aliphatic rings. The van der Waals surface area contributed by atoms with Crippen LogP contribution in [0.15, 0.2) is 48.5 Å². The first-order valence-electron chi connectivity index (χ1n) is 12.8. The van der Waals surface area contributed by atoms with Gasteiger partial charge in [-0.15, -0.1) is 0 Å². The first kappa shape index (κ1) is 23.3. The molecular formula is C28H36FN3O2. The summed E-state index contributed by atoms with van der Waals surface area (Å²) in [6.45, 7) is 4.30. The zero-order valence-electron chi connectivity index (χ0n) is 20.1. The van der Waals surface area contributed by atoms with E-state index in [9.17, 15) is 9.18 Å². The van der Waals surface area contributed by atoms with E-state index in [1.165, 1.54) is 12.5 Å². The summed E-state index contributed by atoms with van der Waals surface area (Å²) in [7, 11) is 1.63. The van der Waals surface area contributed by atoms with Gasteiger partial charge in [0, 0.05) is 44.2 Å². The van der Waals surface area contributed by atoms with Crippen molar-refractivity contribution in [2.45, 2.75) is 56.0 Å². The average Bonchev–Trinajstić information content (AvgIpc) is 3.19. The van der Waals surface area contributed by atoms with Crippen molar-refractivity contribution in [1.82, 2.24) is 10.2 Å². The number of anilines is 1. The van der Waals surface area contributed by atoms with Crippen molar-refractivity contribution in [2.75, 3.05) is 44.7 Å². The van der Waals surface area contributed by atoms with Crippen LogP contribution in [0.4, 0.5) is 10.1 Å². The largest absolute Gasteiger partial charge is 0.495 e. The van der Waals surface area contributed by atoms with Gasteiger partial charge in [0.2, 0.25) is 0 Å². The highest BCUT2D eigenvalue weighted by Crippen LogP contribution is 2.40. The normalized spacial score (nSPS) is 25.8. The van der Waals surface area contributed by atoms with Gasteiger partial charge in [-0.25, -0.2) is 4.39 Å². The van der Waals surface area contributed by atoms with Gasteiger partial charge in [-0.05, 0) is 62.8 Å². The molecule has 3 unspecified atom stereocenters. The minimum atomic E-state index is -0.323. The molecule has 2 aromatic rings. The van der Waals surface area contributed by atoms with Crippen molar-refractivity contribution in [2.24, 2.45) is 0 Å². The number of rotatable bonds is 8. The number of halogens is 1. The Bertz CT molecular complexity index is 988. The van der Waals surface area contributed by atoms with E-state index in [4.69, 9.17) is 4.74 Å². The topological polar surface area (TPSA) is 44.8 Å². The van der Waals surface area contributed by atoms with Crippen molar-refractivity contribution >= 4 is 11.5 Å². The minimum absolute atomic E-state index is 0.0770. The minimum Gasteiger partial charge on any atom is -0.495 e. The number of ketones is 1. The van der Waals surface area contributed by atoms with Crippen LogP contribution in [0.1, 0.15) is 50.0 Å². The van der Waals surface area contributed by atoms with Gasteiger partial charge in [0.1, 0.15) is 11.6 Å². The Morgan fingerprint density at radius 1 is 1.12 bits per heavy atom. The Labute approximate surface area is 202 Å². The highest BCUT2D eigenvalue weighted by Gasteiger charge is 2.48. The monoisotopic (exact) mass is 465 g/mol. The number of Topliss-reactive ketones (excluding diaryl/α,β-unsaturated/α-hetero) is 1. The SMILES string of the molecule is COc1ccc(F)cc1N1CCN(CCC(C(=O)C23CCCC(CC2)N3)c2ccccc2)CC1. The Hall–Kier alpha value is -2.44. The lowest BCUT2D eigenvalue weighted by Gasteiger charge is -2.38. The molecule has 5 nitrogen and oxygen atoms in total. The molecule has 0 aliphatic carbocycles. The summed E-state index contributed by atoms with van der Waals surface area (Å²) in [6.07, 6.45) is 6.26. The van der Waals surface area contributed by atoms with Crippen molar-refractivity contribution in [3.05, 3.63) is 59.9 Å². The summed E-state index contributed by atoms with van der Waals surface area (Å²) >= 11 is 0.